The van der Waals surface area contributed by atoms with Crippen molar-refractivity contribution in [3.05, 3.63) is 0 Å². The van der Waals surface area contributed by atoms with Gasteiger partial charge < -0.3 is 5.32 Å². The van der Waals surface area contributed by atoms with Gasteiger partial charge in [0.2, 0.25) is 0 Å². The first-order chi connectivity index (χ1) is 8.34. The SMILES string of the molecule is CC(C)CC(CCCCNC(C)C)C(=O)C(C)C. The number of unbranched alkanes of at least 4 members (excludes halogenated alkanes) is 1. The van der Waals surface area contributed by atoms with Crippen LogP contribution < -0.4 is 5.32 Å². The number of Topliss-reactive ketones (excluding diaryl/α,β-unsaturated/α-hetero) is 1. The van der Waals surface area contributed by atoms with E-state index in [0.717, 1.165) is 25.8 Å². The van der Waals surface area contributed by atoms with Gasteiger partial charge in [-0.15, -0.1) is 0 Å². The van der Waals surface area contributed by atoms with E-state index in [0.29, 0.717) is 17.7 Å². The molecule has 0 rings (SSSR count). The van der Waals surface area contributed by atoms with Crippen LogP contribution in [0.2, 0.25) is 0 Å². The van der Waals surface area contributed by atoms with Crippen LogP contribution in [0.1, 0.15) is 67.2 Å². The molecule has 0 saturated carbocycles. The average Bonchev–Trinajstić information content (AvgIpc) is 2.24. The van der Waals surface area contributed by atoms with Crippen molar-refractivity contribution in [3.63, 3.8) is 0 Å². The fourth-order valence-corrected chi connectivity index (χ4v) is 2.32. The zero-order valence-corrected chi connectivity index (χ0v) is 13.3. The number of ketones is 1. The number of nitrogens with one attached hydrogen (secondary N) is 1. The third-order valence-electron chi connectivity index (χ3n) is 3.26. The first kappa shape index (κ1) is 17.6. The van der Waals surface area contributed by atoms with Gasteiger partial charge in [0.1, 0.15) is 5.78 Å². The Morgan fingerprint density at radius 3 is 2.06 bits per heavy atom. The minimum atomic E-state index is 0.183. The highest BCUT2D eigenvalue weighted by Crippen LogP contribution is 2.22. The molecule has 2 heteroatoms. The van der Waals surface area contributed by atoms with Crippen molar-refractivity contribution in [1.82, 2.24) is 5.32 Å². The van der Waals surface area contributed by atoms with Crippen molar-refractivity contribution < 1.29 is 4.79 Å². The molecule has 2 nitrogen and oxygen atoms in total. The quantitative estimate of drug-likeness (QED) is 0.597. The number of hydrogen-bond donors (Lipinski definition) is 1. The van der Waals surface area contributed by atoms with Crippen LogP contribution >= 0.6 is 0 Å². The Morgan fingerprint density at radius 1 is 1.00 bits per heavy atom. The zero-order chi connectivity index (χ0) is 14.1. The molecule has 0 fully saturated rings. The summed E-state index contributed by atoms with van der Waals surface area (Å²) in [6, 6.07) is 0.564. The van der Waals surface area contributed by atoms with E-state index < -0.39 is 0 Å². The Hall–Kier alpha value is -0.370. The summed E-state index contributed by atoms with van der Waals surface area (Å²) in [5, 5.41) is 3.43. The molecular weight excluding hydrogens is 222 g/mol. The van der Waals surface area contributed by atoms with Crippen LogP contribution in [0, 0.1) is 17.8 Å². The van der Waals surface area contributed by atoms with Gasteiger partial charge >= 0.3 is 0 Å². The van der Waals surface area contributed by atoms with Gasteiger partial charge in [-0.25, -0.2) is 0 Å². The molecule has 0 aromatic heterocycles. The fraction of sp³-hybridized carbons (Fsp3) is 0.938. The second-order valence-electron chi connectivity index (χ2n) is 6.49. The molecule has 0 amide bonds. The molecule has 0 aromatic carbocycles. The maximum Gasteiger partial charge on any atom is 0.138 e. The monoisotopic (exact) mass is 255 g/mol. The molecule has 0 saturated heterocycles. The van der Waals surface area contributed by atoms with Gasteiger partial charge in [-0.3, -0.25) is 4.79 Å². The summed E-state index contributed by atoms with van der Waals surface area (Å²) in [7, 11) is 0. The predicted octanol–water partition coefficient (Wildman–Crippen LogP) is 4.04. The molecule has 0 spiro atoms. The van der Waals surface area contributed by atoms with Gasteiger partial charge in [0.15, 0.2) is 0 Å². The Bertz CT molecular complexity index is 221. The lowest BCUT2D eigenvalue weighted by Crippen LogP contribution is -2.24. The summed E-state index contributed by atoms with van der Waals surface area (Å²) < 4.78 is 0. The van der Waals surface area contributed by atoms with E-state index in [-0.39, 0.29) is 11.8 Å². The van der Waals surface area contributed by atoms with Crippen molar-refractivity contribution in [2.24, 2.45) is 17.8 Å². The lowest BCUT2D eigenvalue weighted by atomic mass is 9.84. The van der Waals surface area contributed by atoms with Crippen LogP contribution in [0.25, 0.3) is 0 Å². The summed E-state index contributed by atoms with van der Waals surface area (Å²) in [6.07, 6.45) is 4.46. The summed E-state index contributed by atoms with van der Waals surface area (Å²) in [5.74, 6) is 1.54. The highest BCUT2D eigenvalue weighted by molar-refractivity contribution is 5.82. The Kier molecular flexibility index (Phi) is 9.35. The van der Waals surface area contributed by atoms with Crippen molar-refractivity contribution in [2.75, 3.05) is 6.54 Å². The minimum Gasteiger partial charge on any atom is -0.315 e. The van der Waals surface area contributed by atoms with Crippen LogP contribution in [0.3, 0.4) is 0 Å². The van der Waals surface area contributed by atoms with E-state index in [1.807, 2.05) is 13.8 Å². The largest absolute Gasteiger partial charge is 0.315 e. The molecule has 18 heavy (non-hydrogen) atoms. The number of rotatable bonds is 10. The van der Waals surface area contributed by atoms with Gasteiger partial charge in [-0.1, -0.05) is 48.0 Å². The van der Waals surface area contributed by atoms with E-state index >= 15 is 0 Å². The molecule has 1 atom stereocenters. The molecule has 0 heterocycles. The Morgan fingerprint density at radius 2 is 1.61 bits per heavy atom. The first-order valence-corrected chi connectivity index (χ1v) is 7.61. The standard InChI is InChI=1S/C16H33NO/c1-12(2)11-15(16(18)13(3)4)9-7-8-10-17-14(5)6/h12-15,17H,7-11H2,1-6H3. The minimum absolute atomic E-state index is 0.183. The molecule has 108 valence electrons. The summed E-state index contributed by atoms with van der Waals surface area (Å²) in [4.78, 5) is 12.1. The smallest absolute Gasteiger partial charge is 0.138 e. The molecule has 0 radical (unpaired) electrons. The highest BCUT2D eigenvalue weighted by Gasteiger charge is 2.21. The normalized spacial score (nSPS) is 13.6. The Balaban J connectivity index is 3.98. The van der Waals surface area contributed by atoms with E-state index in [1.165, 1.54) is 6.42 Å². The van der Waals surface area contributed by atoms with E-state index in [2.05, 4.69) is 33.0 Å². The fourth-order valence-electron chi connectivity index (χ4n) is 2.32. The van der Waals surface area contributed by atoms with E-state index in [9.17, 15) is 4.79 Å². The van der Waals surface area contributed by atoms with Gasteiger partial charge in [0.25, 0.3) is 0 Å². The van der Waals surface area contributed by atoms with E-state index in [1.54, 1.807) is 0 Å². The number of carbonyl (C=O) groups excluding carboxylic acids is 1. The number of hydrogen-bond acceptors (Lipinski definition) is 2. The molecular formula is C16H33NO. The third kappa shape index (κ3) is 8.68. The summed E-state index contributed by atoms with van der Waals surface area (Å²) >= 11 is 0. The molecule has 1 unspecified atom stereocenters. The van der Waals surface area contributed by atoms with Crippen molar-refractivity contribution in [2.45, 2.75) is 73.3 Å². The number of carbonyl (C=O) groups is 1. The van der Waals surface area contributed by atoms with Crippen molar-refractivity contribution in [1.29, 1.82) is 0 Å². The van der Waals surface area contributed by atoms with Crippen molar-refractivity contribution in [3.8, 4) is 0 Å². The van der Waals surface area contributed by atoms with Crippen LogP contribution in [0.15, 0.2) is 0 Å². The lowest BCUT2D eigenvalue weighted by molar-refractivity contribution is -0.126. The van der Waals surface area contributed by atoms with Gasteiger partial charge in [0.05, 0.1) is 0 Å². The summed E-state index contributed by atoms with van der Waals surface area (Å²) in [5.41, 5.74) is 0. The van der Waals surface area contributed by atoms with Crippen LogP contribution in [0.5, 0.6) is 0 Å². The Labute approximate surface area is 114 Å². The van der Waals surface area contributed by atoms with Crippen LogP contribution in [-0.4, -0.2) is 18.4 Å². The highest BCUT2D eigenvalue weighted by atomic mass is 16.1. The lowest BCUT2D eigenvalue weighted by Gasteiger charge is -2.20. The molecule has 1 N–H and O–H groups in total. The maximum absolute atomic E-state index is 12.1. The molecule has 0 bridgehead atoms. The predicted molar refractivity (Wildman–Crippen MR) is 79.8 cm³/mol. The molecule has 0 aliphatic heterocycles. The topological polar surface area (TPSA) is 29.1 Å². The zero-order valence-electron chi connectivity index (χ0n) is 13.3. The second kappa shape index (κ2) is 9.55. The second-order valence-corrected chi connectivity index (χ2v) is 6.49. The molecule has 0 aromatic rings. The average molecular weight is 255 g/mol. The van der Waals surface area contributed by atoms with Gasteiger partial charge in [0, 0.05) is 17.9 Å². The van der Waals surface area contributed by atoms with Crippen LogP contribution in [-0.2, 0) is 4.79 Å². The van der Waals surface area contributed by atoms with Crippen LogP contribution in [0.4, 0.5) is 0 Å². The van der Waals surface area contributed by atoms with Crippen molar-refractivity contribution >= 4 is 5.78 Å². The third-order valence-corrected chi connectivity index (χ3v) is 3.26. The molecule has 0 aliphatic rings. The maximum atomic E-state index is 12.1. The van der Waals surface area contributed by atoms with Gasteiger partial charge in [-0.05, 0) is 31.7 Å². The first-order valence-electron chi connectivity index (χ1n) is 7.61. The van der Waals surface area contributed by atoms with E-state index in [4.69, 9.17) is 0 Å². The molecule has 0 aliphatic carbocycles. The summed E-state index contributed by atoms with van der Waals surface area (Å²) in [6.45, 7) is 13.9. The van der Waals surface area contributed by atoms with Gasteiger partial charge in [-0.2, -0.15) is 0 Å².